The first-order valence-electron chi connectivity index (χ1n) is 8.05. The van der Waals surface area contributed by atoms with Crippen molar-refractivity contribution in [3.8, 4) is 0 Å². The Bertz CT molecular complexity index is 665. The number of hydrogen-bond donors (Lipinski definition) is 0. The first kappa shape index (κ1) is 16.6. The number of benzene rings is 1. The van der Waals surface area contributed by atoms with Gasteiger partial charge in [-0.05, 0) is 5.56 Å². The number of rotatable bonds is 5. The van der Waals surface area contributed by atoms with E-state index in [1.165, 1.54) is 0 Å². The Hall–Kier alpha value is -2.25. The average molecular weight is 330 g/mol. The molecule has 1 atom stereocenters. The molecule has 2 aromatic rings. The predicted molar refractivity (Wildman–Crippen MR) is 87.1 cm³/mol. The number of amides is 1. The number of piperazine rings is 1. The number of hydrogen-bond acceptors (Lipinski definition) is 6. The van der Waals surface area contributed by atoms with Gasteiger partial charge in [-0.25, -0.2) is 0 Å². The Morgan fingerprint density at radius 2 is 1.96 bits per heavy atom. The lowest BCUT2D eigenvalue weighted by atomic mass is 10.1. The van der Waals surface area contributed by atoms with Crippen LogP contribution in [0.25, 0.3) is 0 Å². The molecule has 0 spiro atoms. The Labute approximate surface area is 141 Å². The second-order valence-electron chi connectivity index (χ2n) is 5.86. The summed E-state index contributed by atoms with van der Waals surface area (Å²) in [7, 11) is 1.57. The van der Waals surface area contributed by atoms with Crippen molar-refractivity contribution in [3.05, 3.63) is 47.6 Å². The summed E-state index contributed by atoms with van der Waals surface area (Å²) in [5, 5.41) is 3.92. The van der Waals surface area contributed by atoms with Crippen LogP contribution in [0.1, 0.15) is 23.4 Å². The van der Waals surface area contributed by atoms with Crippen LogP contribution in [0.5, 0.6) is 0 Å². The van der Waals surface area contributed by atoms with Crippen molar-refractivity contribution in [3.63, 3.8) is 0 Å². The topological polar surface area (TPSA) is 71.7 Å². The lowest BCUT2D eigenvalue weighted by Crippen LogP contribution is -2.49. The molecule has 1 fully saturated rings. The minimum absolute atomic E-state index is 0.0127. The van der Waals surface area contributed by atoms with Gasteiger partial charge in [0.2, 0.25) is 5.89 Å². The fourth-order valence-corrected chi connectivity index (χ4v) is 2.91. The van der Waals surface area contributed by atoms with Gasteiger partial charge in [0.15, 0.2) is 11.9 Å². The van der Waals surface area contributed by atoms with Crippen LogP contribution in [0.3, 0.4) is 0 Å². The normalized spacial score (nSPS) is 17.0. The number of aromatic nitrogens is 2. The van der Waals surface area contributed by atoms with Crippen LogP contribution in [-0.2, 0) is 16.1 Å². The zero-order valence-electron chi connectivity index (χ0n) is 14.0. The highest BCUT2D eigenvalue weighted by Gasteiger charge is 2.28. The van der Waals surface area contributed by atoms with Crippen LogP contribution >= 0.6 is 0 Å². The summed E-state index contributed by atoms with van der Waals surface area (Å²) in [6.07, 6.45) is -0.544. The molecule has 128 valence electrons. The van der Waals surface area contributed by atoms with Crippen molar-refractivity contribution in [2.75, 3.05) is 33.3 Å². The summed E-state index contributed by atoms with van der Waals surface area (Å²) >= 11 is 0. The molecule has 1 saturated heterocycles. The third kappa shape index (κ3) is 3.80. The van der Waals surface area contributed by atoms with Crippen molar-refractivity contribution in [1.82, 2.24) is 19.9 Å². The lowest BCUT2D eigenvalue weighted by Gasteiger charge is -2.35. The predicted octanol–water partition coefficient (Wildman–Crippen LogP) is 1.41. The zero-order chi connectivity index (χ0) is 16.9. The van der Waals surface area contributed by atoms with E-state index in [0.29, 0.717) is 31.3 Å². The quantitative estimate of drug-likeness (QED) is 0.825. The van der Waals surface area contributed by atoms with Crippen molar-refractivity contribution in [1.29, 1.82) is 0 Å². The third-order valence-electron chi connectivity index (χ3n) is 4.18. The van der Waals surface area contributed by atoms with Gasteiger partial charge in [-0.15, -0.1) is 0 Å². The molecule has 1 aliphatic rings. The number of aryl methyl sites for hydroxylation is 1. The molecule has 0 saturated carbocycles. The smallest absolute Gasteiger partial charge is 0.256 e. The summed E-state index contributed by atoms with van der Waals surface area (Å²) in [5.41, 5.74) is 0.884. The average Bonchev–Trinajstić information content (AvgIpc) is 3.02. The van der Waals surface area contributed by atoms with Gasteiger partial charge >= 0.3 is 0 Å². The Morgan fingerprint density at radius 3 is 2.54 bits per heavy atom. The molecule has 7 nitrogen and oxygen atoms in total. The second kappa shape index (κ2) is 7.55. The summed E-state index contributed by atoms with van der Waals surface area (Å²) in [6.45, 7) is 5.33. The van der Waals surface area contributed by atoms with Gasteiger partial charge in [-0.2, -0.15) is 4.98 Å². The van der Waals surface area contributed by atoms with E-state index in [-0.39, 0.29) is 5.91 Å². The van der Waals surface area contributed by atoms with Crippen molar-refractivity contribution < 1.29 is 14.1 Å². The van der Waals surface area contributed by atoms with E-state index in [4.69, 9.17) is 9.26 Å². The minimum Gasteiger partial charge on any atom is -0.367 e. The van der Waals surface area contributed by atoms with E-state index < -0.39 is 6.10 Å². The number of nitrogens with zero attached hydrogens (tertiary/aromatic N) is 4. The van der Waals surface area contributed by atoms with E-state index in [2.05, 4.69) is 15.0 Å². The lowest BCUT2D eigenvalue weighted by molar-refractivity contribution is -0.144. The Kier molecular flexibility index (Phi) is 5.22. The Balaban J connectivity index is 1.56. The molecule has 0 N–H and O–H groups in total. The highest BCUT2D eigenvalue weighted by molar-refractivity contribution is 5.82. The maximum Gasteiger partial charge on any atom is 0.256 e. The van der Waals surface area contributed by atoms with Crippen molar-refractivity contribution >= 4 is 5.91 Å². The molecule has 1 aliphatic heterocycles. The molecule has 0 unspecified atom stereocenters. The van der Waals surface area contributed by atoms with Crippen LogP contribution in [0.2, 0.25) is 0 Å². The van der Waals surface area contributed by atoms with Gasteiger partial charge in [0.05, 0.1) is 6.54 Å². The fourth-order valence-electron chi connectivity index (χ4n) is 2.91. The maximum absolute atomic E-state index is 12.7. The molecular weight excluding hydrogens is 308 g/mol. The second-order valence-corrected chi connectivity index (χ2v) is 5.86. The van der Waals surface area contributed by atoms with Gasteiger partial charge in [0.1, 0.15) is 0 Å². The van der Waals surface area contributed by atoms with Crippen LogP contribution in [0.4, 0.5) is 0 Å². The van der Waals surface area contributed by atoms with E-state index in [1.807, 2.05) is 35.2 Å². The molecule has 0 radical (unpaired) electrons. The van der Waals surface area contributed by atoms with E-state index >= 15 is 0 Å². The minimum atomic E-state index is -0.544. The third-order valence-corrected chi connectivity index (χ3v) is 4.18. The molecular formula is C17H22N4O3. The summed E-state index contributed by atoms with van der Waals surface area (Å²) in [6, 6.07) is 9.60. The summed E-state index contributed by atoms with van der Waals surface area (Å²) in [4.78, 5) is 21.0. The van der Waals surface area contributed by atoms with Gasteiger partial charge in [-0.1, -0.05) is 35.5 Å². The highest BCUT2D eigenvalue weighted by atomic mass is 16.5. The first-order valence-corrected chi connectivity index (χ1v) is 8.05. The SMILES string of the molecule is CO[C@@H](C(=O)N1CCN(Cc2noc(C)n2)CC1)c1ccccc1. The standard InChI is InChI=1S/C17H22N4O3/c1-13-18-15(19-24-13)12-20-8-10-21(11-9-20)17(22)16(23-2)14-6-4-3-5-7-14/h3-7,16H,8-12H2,1-2H3/t16-/m1/s1. The molecule has 3 rings (SSSR count). The molecule has 2 heterocycles. The molecule has 1 aromatic carbocycles. The molecule has 24 heavy (non-hydrogen) atoms. The largest absolute Gasteiger partial charge is 0.367 e. The van der Waals surface area contributed by atoms with E-state index in [9.17, 15) is 4.79 Å². The zero-order valence-corrected chi connectivity index (χ0v) is 14.0. The van der Waals surface area contributed by atoms with Gasteiger partial charge in [0, 0.05) is 40.2 Å². The van der Waals surface area contributed by atoms with Gasteiger partial charge < -0.3 is 14.2 Å². The summed E-state index contributed by atoms with van der Waals surface area (Å²) in [5.74, 6) is 1.27. The monoisotopic (exact) mass is 330 g/mol. The first-order chi connectivity index (χ1) is 11.7. The Morgan fingerprint density at radius 1 is 1.25 bits per heavy atom. The summed E-state index contributed by atoms with van der Waals surface area (Å²) < 4.78 is 10.4. The molecule has 1 aromatic heterocycles. The number of carbonyl (C=O) groups is 1. The van der Waals surface area contributed by atoms with E-state index in [0.717, 1.165) is 18.7 Å². The van der Waals surface area contributed by atoms with Crippen molar-refractivity contribution in [2.45, 2.75) is 19.6 Å². The van der Waals surface area contributed by atoms with Crippen LogP contribution in [-0.4, -0.2) is 59.1 Å². The van der Waals surface area contributed by atoms with E-state index in [1.54, 1.807) is 14.0 Å². The fraction of sp³-hybridized carbons (Fsp3) is 0.471. The molecule has 7 heteroatoms. The number of ether oxygens (including phenoxy) is 1. The van der Waals surface area contributed by atoms with Crippen LogP contribution in [0, 0.1) is 6.92 Å². The molecule has 0 bridgehead atoms. The molecule has 0 aliphatic carbocycles. The van der Waals surface area contributed by atoms with Gasteiger partial charge in [-0.3, -0.25) is 9.69 Å². The van der Waals surface area contributed by atoms with Crippen molar-refractivity contribution in [2.24, 2.45) is 0 Å². The van der Waals surface area contributed by atoms with Crippen LogP contribution < -0.4 is 0 Å². The number of carbonyl (C=O) groups excluding carboxylic acids is 1. The van der Waals surface area contributed by atoms with Crippen LogP contribution in [0.15, 0.2) is 34.9 Å². The number of methoxy groups -OCH3 is 1. The van der Waals surface area contributed by atoms with Gasteiger partial charge in [0.25, 0.3) is 5.91 Å². The maximum atomic E-state index is 12.7. The molecule has 1 amide bonds. The highest BCUT2D eigenvalue weighted by Crippen LogP contribution is 2.20.